The first-order chi connectivity index (χ1) is 12.3. The number of benzene rings is 1. The molecule has 5 heteroatoms. The summed E-state index contributed by atoms with van der Waals surface area (Å²) >= 11 is 0. The summed E-state index contributed by atoms with van der Waals surface area (Å²) < 4.78 is 7.35. The molecule has 2 aromatic rings. The third-order valence-corrected chi connectivity index (χ3v) is 4.62. The molecule has 1 aliphatic rings. The van der Waals surface area contributed by atoms with Gasteiger partial charge in [-0.1, -0.05) is 30.3 Å². The van der Waals surface area contributed by atoms with Crippen LogP contribution in [0.25, 0.3) is 0 Å². The maximum atomic E-state index is 12.7. The predicted octanol–water partition coefficient (Wildman–Crippen LogP) is 2.11. The van der Waals surface area contributed by atoms with E-state index in [-0.39, 0.29) is 11.9 Å². The minimum Gasteiger partial charge on any atom is -0.379 e. The largest absolute Gasteiger partial charge is 0.379 e. The van der Waals surface area contributed by atoms with Gasteiger partial charge in [-0.2, -0.15) is 0 Å². The summed E-state index contributed by atoms with van der Waals surface area (Å²) in [5.41, 5.74) is 1.17. The molecule has 1 aromatic heterocycles. The predicted molar refractivity (Wildman–Crippen MR) is 98.5 cm³/mol. The van der Waals surface area contributed by atoms with Gasteiger partial charge in [-0.25, -0.2) is 0 Å². The first kappa shape index (κ1) is 17.7. The molecule has 25 heavy (non-hydrogen) atoms. The lowest BCUT2D eigenvalue weighted by atomic mass is 10.1. The molecule has 1 N–H and O–H groups in total. The van der Waals surface area contributed by atoms with Crippen LogP contribution in [0, 0.1) is 0 Å². The minimum atomic E-state index is -0.208. The summed E-state index contributed by atoms with van der Waals surface area (Å²) in [4.78, 5) is 15.1. The number of hydrogen-bond donors (Lipinski definition) is 1. The Labute approximate surface area is 149 Å². The number of ether oxygens (including phenoxy) is 1. The van der Waals surface area contributed by atoms with E-state index in [1.54, 1.807) is 0 Å². The second-order valence-corrected chi connectivity index (χ2v) is 6.43. The Bertz CT molecular complexity index is 622. The van der Waals surface area contributed by atoms with Crippen molar-refractivity contribution in [2.45, 2.75) is 18.9 Å². The van der Waals surface area contributed by atoms with Crippen molar-refractivity contribution < 1.29 is 9.53 Å². The number of hydrogen-bond acceptors (Lipinski definition) is 3. The summed E-state index contributed by atoms with van der Waals surface area (Å²) in [5.74, 6) is 0.0852. The van der Waals surface area contributed by atoms with Gasteiger partial charge in [0.25, 0.3) is 0 Å². The average molecular weight is 341 g/mol. The zero-order valence-corrected chi connectivity index (χ0v) is 14.6. The number of carbonyl (C=O) groups is 1. The number of nitrogens with one attached hydrogen (secondary N) is 1. The maximum absolute atomic E-state index is 12.7. The fraction of sp³-hybridized carbons (Fsp3) is 0.450. The van der Waals surface area contributed by atoms with E-state index in [1.165, 1.54) is 5.56 Å². The van der Waals surface area contributed by atoms with Crippen molar-refractivity contribution >= 4 is 5.91 Å². The van der Waals surface area contributed by atoms with E-state index in [1.807, 2.05) is 47.3 Å². The van der Waals surface area contributed by atoms with Crippen molar-refractivity contribution in [1.82, 2.24) is 14.8 Å². The first-order valence-corrected chi connectivity index (χ1v) is 9.07. The van der Waals surface area contributed by atoms with Crippen LogP contribution in [0.4, 0.5) is 0 Å². The van der Waals surface area contributed by atoms with Crippen LogP contribution < -0.4 is 5.32 Å². The Morgan fingerprint density at radius 2 is 1.80 bits per heavy atom. The number of carbonyl (C=O) groups excluding carboxylic acids is 1. The van der Waals surface area contributed by atoms with E-state index in [9.17, 15) is 4.79 Å². The lowest BCUT2D eigenvalue weighted by Gasteiger charge is -2.26. The van der Waals surface area contributed by atoms with Crippen LogP contribution in [0.5, 0.6) is 0 Å². The molecule has 0 saturated carbocycles. The topological polar surface area (TPSA) is 46.5 Å². The molecule has 1 fully saturated rings. The second-order valence-electron chi connectivity index (χ2n) is 6.43. The highest BCUT2D eigenvalue weighted by Crippen LogP contribution is 2.15. The maximum Gasteiger partial charge on any atom is 0.243 e. The fourth-order valence-electron chi connectivity index (χ4n) is 3.18. The Morgan fingerprint density at radius 1 is 1.08 bits per heavy atom. The van der Waals surface area contributed by atoms with Crippen LogP contribution in [0.2, 0.25) is 0 Å². The smallest absolute Gasteiger partial charge is 0.243 e. The standard InChI is InChI=1S/C20H27N3O2/c24-20(21-9-6-10-22-13-15-25-16-14-22)19(23-11-4-5-12-23)17-18-7-2-1-3-8-18/h1-5,7-8,11-12,19H,6,9-10,13-17H2,(H,21,24)/t19-/m1/s1. The van der Waals surface area contributed by atoms with E-state index < -0.39 is 0 Å². The SMILES string of the molecule is O=C(NCCCN1CCOCC1)[C@@H](Cc1ccccc1)n1cccc1. The van der Waals surface area contributed by atoms with E-state index in [2.05, 4.69) is 22.3 Å². The number of amides is 1. The summed E-state index contributed by atoms with van der Waals surface area (Å²) in [5, 5.41) is 3.11. The Kier molecular flexibility index (Phi) is 6.65. The zero-order valence-electron chi connectivity index (χ0n) is 14.6. The van der Waals surface area contributed by atoms with Crippen LogP contribution in [-0.4, -0.2) is 54.8 Å². The molecule has 1 aliphatic heterocycles. The monoisotopic (exact) mass is 341 g/mol. The molecule has 0 bridgehead atoms. The van der Waals surface area contributed by atoms with E-state index >= 15 is 0 Å². The number of aromatic nitrogens is 1. The molecule has 1 atom stereocenters. The molecule has 0 aliphatic carbocycles. The number of morpholine rings is 1. The molecule has 1 saturated heterocycles. The summed E-state index contributed by atoms with van der Waals surface area (Å²) in [6, 6.07) is 13.9. The van der Waals surface area contributed by atoms with Gasteiger partial charge in [-0.3, -0.25) is 9.69 Å². The van der Waals surface area contributed by atoms with Crippen LogP contribution >= 0.6 is 0 Å². The van der Waals surface area contributed by atoms with Gasteiger partial charge in [-0.05, 0) is 30.7 Å². The summed E-state index contributed by atoms with van der Waals surface area (Å²) in [7, 11) is 0. The normalized spacial score (nSPS) is 16.5. The highest BCUT2D eigenvalue weighted by Gasteiger charge is 2.20. The van der Waals surface area contributed by atoms with Crippen LogP contribution in [-0.2, 0) is 16.0 Å². The quantitative estimate of drug-likeness (QED) is 0.748. The first-order valence-electron chi connectivity index (χ1n) is 9.07. The van der Waals surface area contributed by atoms with Gasteiger partial charge in [0.05, 0.1) is 13.2 Å². The second kappa shape index (κ2) is 9.39. The van der Waals surface area contributed by atoms with Crippen molar-refractivity contribution in [3.8, 4) is 0 Å². The van der Waals surface area contributed by atoms with Crippen molar-refractivity contribution in [2.24, 2.45) is 0 Å². The third kappa shape index (κ3) is 5.44. The van der Waals surface area contributed by atoms with E-state index in [0.29, 0.717) is 13.0 Å². The average Bonchev–Trinajstić information content (AvgIpc) is 3.19. The minimum absolute atomic E-state index is 0.0852. The Hall–Kier alpha value is -2.11. The molecule has 0 spiro atoms. The molecule has 1 aromatic carbocycles. The molecular weight excluding hydrogens is 314 g/mol. The van der Waals surface area contributed by atoms with Gasteiger partial charge in [0.15, 0.2) is 0 Å². The van der Waals surface area contributed by atoms with Gasteiger partial charge < -0.3 is 14.6 Å². The lowest BCUT2D eigenvalue weighted by molar-refractivity contribution is -0.124. The van der Waals surface area contributed by atoms with E-state index in [0.717, 1.165) is 39.3 Å². The Morgan fingerprint density at radius 3 is 2.52 bits per heavy atom. The highest BCUT2D eigenvalue weighted by atomic mass is 16.5. The number of nitrogens with zero attached hydrogens (tertiary/aromatic N) is 2. The van der Waals surface area contributed by atoms with Crippen LogP contribution in [0.15, 0.2) is 54.9 Å². The van der Waals surface area contributed by atoms with Gasteiger partial charge in [0.2, 0.25) is 5.91 Å². The highest BCUT2D eigenvalue weighted by molar-refractivity contribution is 5.80. The molecular formula is C20H27N3O2. The molecule has 0 unspecified atom stereocenters. The molecule has 2 heterocycles. The van der Waals surface area contributed by atoms with E-state index in [4.69, 9.17) is 4.74 Å². The van der Waals surface area contributed by atoms with Gasteiger partial charge >= 0.3 is 0 Å². The molecule has 0 radical (unpaired) electrons. The van der Waals surface area contributed by atoms with Crippen molar-refractivity contribution in [3.63, 3.8) is 0 Å². The number of rotatable bonds is 8. The Balaban J connectivity index is 1.50. The summed E-state index contributed by atoms with van der Waals surface area (Å²) in [6.45, 7) is 5.35. The lowest BCUT2D eigenvalue weighted by Crippen LogP contribution is -2.39. The fourth-order valence-corrected chi connectivity index (χ4v) is 3.18. The molecule has 3 rings (SSSR count). The molecule has 134 valence electrons. The van der Waals surface area contributed by atoms with Gasteiger partial charge in [0, 0.05) is 38.4 Å². The molecule has 5 nitrogen and oxygen atoms in total. The van der Waals surface area contributed by atoms with Crippen molar-refractivity contribution in [1.29, 1.82) is 0 Å². The van der Waals surface area contributed by atoms with Gasteiger partial charge in [-0.15, -0.1) is 0 Å². The van der Waals surface area contributed by atoms with Crippen LogP contribution in [0.3, 0.4) is 0 Å². The van der Waals surface area contributed by atoms with Crippen LogP contribution in [0.1, 0.15) is 18.0 Å². The zero-order chi connectivity index (χ0) is 17.3. The van der Waals surface area contributed by atoms with Crippen molar-refractivity contribution in [3.05, 3.63) is 60.4 Å². The van der Waals surface area contributed by atoms with Gasteiger partial charge in [0.1, 0.15) is 6.04 Å². The van der Waals surface area contributed by atoms with Crippen molar-refractivity contribution in [2.75, 3.05) is 39.4 Å². The summed E-state index contributed by atoms with van der Waals surface area (Å²) in [6.07, 6.45) is 5.59. The third-order valence-electron chi connectivity index (χ3n) is 4.62. The molecule has 1 amide bonds.